The summed E-state index contributed by atoms with van der Waals surface area (Å²) in [6.45, 7) is 5.67. The van der Waals surface area contributed by atoms with Crippen molar-refractivity contribution < 1.29 is 22.3 Å². The molecular formula is C16H17BrF4O. The average molecular weight is 381 g/mol. The summed E-state index contributed by atoms with van der Waals surface area (Å²) in [5.41, 5.74) is -0.428. The van der Waals surface area contributed by atoms with Gasteiger partial charge in [0.1, 0.15) is 0 Å². The highest BCUT2D eigenvalue weighted by Crippen LogP contribution is 2.49. The molecule has 1 nitrogen and oxygen atoms in total. The minimum Gasteiger partial charge on any atom is -0.382 e. The third kappa shape index (κ3) is 4.43. The van der Waals surface area contributed by atoms with Crippen molar-refractivity contribution in [2.45, 2.75) is 24.6 Å². The van der Waals surface area contributed by atoms with Crippen LogP contribution in [0, 0.1) is 0 Å². The van der Waals surface area contributed by atoms with E-state index >= 15 is 0 Å². The minimum absolute atomic E-state index is 0.242. The second-order valence-electron chi connectivity index (χ2n) is 4.38. The average Bonchev–Trinajstić information content (AvgIpc) is 2.47. The van der Waals surface area contributed by atoms with E-state index in [4.69, 9.17) is 4.74 Å². The van der Waals surface area contributed by atoms with Gasteiger partial charge in [0.2, 0.25) is 0 Å². The van der Waals surface area contributed by atoms with Gasteiger partial charge in [0, 0.05) is 18.8 Å². The lowest BCUT2D eigenvalue weighted by molar-refractivity contribution is -0.195. The summed E-state index contributed by atoms with van der Waals surface area (Å²) in [5, 5.41) is 0.808. The Morgan fingerprint density at radius 3 is 1.95 bits per heavy atom. The van der Waals surface area contributed by atoms with E-state index in [-0.39, 0.29) is 5.39 Å². The quantitative estimate of drug-likeness (QED) is 0.471. The van der Waals surface area contributed by atoms with Crippen LogP contribution in [0.5, 0.6) is 0 Å². The van der Waals surface area contributed by atoms with E-state index in [2.05, 4.69) is 15.9 Å². The second kappa shape index (κ2) is 7.92. The van der Waals surface area contributed by atoms with Crippen LogP contribution in [0.4, 0.5) is 17.6 Å². The van der Waals surface area contributed by atoms with Crippen molar-refractivity contribution in [2.75, 3.05) is 13.2 Å². The standard InChI is InChI=1S/C12H7BrF4.C4H10O/c13-11(14,12(15,16)17)10-7-3-5-8-4-1-2-6-9(8)10;1-3-5-4-2/h1-7H;3-4H2,1-2H3. The van der Waals surface area contributed by atoms with Gasteiger partial charge >= 0.3 is 6.18 Å². The van der Waals surface area contributed by atoms with Gasteiger partial charge in [0.05, 0.1) is 0 Å². The molecule has 0 aliphatic carbocycles. The number of benzene rings is 2. The number of halogens is 5. The van der Waals surface area contributed by atoms with Crippen LogP contribution in [-0.4, -0.2) is 19.4 Å². The van der Waals surface area contributed by atoms with Crippen molar-refractivity contribution in [1.29, 1.82) is 0 Å². The Hall–Kier alpha value is -1.14. The van der Waals surface area contributed by atoms with Gasteiger partial charge in [-0.25, -0.2) is 4.39 Å². The zero-order chi connectivity index (χ0) is 16.8. The fourth-order valence-electron chi connectivity index (χ4n) is 1.86. The third-order valence-electron chi connectivity index (χ3n) is 2.89. The summed E-state index contributed by atoms with van der Waals surface area (Å²) in [4.78, 5) is 0. The number of alkyl halides is 5. The maximum Gasteiger partial charge on any atom is 0.437 e. The molecule has 0 aliphatic heterocycles. The minimum atomic E-state index is -5.00. The van der Waals surface area contributed by atoms with E-state index in [0.29, 0.717) is 5.39 Å². The van der Waals surface area contributed by atoms with Crippen LogP contribution in [0.3, 0.4) is 0 Å². The molecule has 2 aromatic carbocycles. The lowest BCUT2D eigenvalue weighted by atomic mass is 10.0. The SMILES string of the molecule is CCOCC.FC(F)(F)C(F)(Br)c1cccc2ccccc12. The van der Waals surface area contributed by atoms with Gasteiger partial charge in [-0.1, -0.05) is 42.5 Å². The van der Waals surface area contributed by atoms with Crippen molar-refractivity contribution >= 4 is 26.7 Å². The first-order chi connectivity index (χ1) is 10.3. The van der Waals surface area contributed by atoms with Gasteiger partial charge in [-0.05, 0) is 40.5 Å². The first-order valence-electron chi connectivity index (χ1n) is 6.76. The van der Waals surface area contributed by atoms with Crippen molar-refractivity contribution in [3.05, 3.63) is 48.0 Å². The first-order valence-corrected chi connectivity index (χ1v) is 7.55. The Balaban J connectivity index is 0.000000422. The predicted molar refractivity (Wildman–Crippen MR) is 83.9 cm³/mol. The Labute approximate surface area is 135 Å². The fourth-order valence-corrected chi connectivity index (χ4v) is 2.20. The lowest BCUT2D eigenvalue weighted by Crippen LogP contribution is -2.32. The summed E-state index contributed by atoms with van der Waals surface area (Å²) < 4.78 is 53.0. The topological polar surface area (TPSA) is 9.23 Å². The molecule has 1 atom stereocenters. The molecule has 0 heterocycles. The van der Waals surface area contributed by atoms with Crippen LogP contribution >= 0.6 is 15.9 Å². The molecular weight excluding hydrogens is 364 g/mol. The number of hydrogen-bond donors (Lipinski definition) is 0. The molecule has 0 amide bonds. The van der Waals surface area contributed by atoms with E-state index in [0.717, 1.165) is 19.3 Å². The van der Waals surface area contributed by atoms with Crippen molar-refractivity contribution in [1.82, 2.24) is 0 Å². The van der Waals surface area contributed by atoms with Crippen molar-refractivity contribution in [3.63, 3.8) is 0 Å². The summed E-state index contributed by atoms with van der Waals surface area (Å²) in [6.07, 6.45) is -5.00. The molecule has 0 saturated heterocycles. The molecule has 22 heavy (non-hydrogen) atoms. The predicted octanol–water partition coefficient (Wildman–Crippen LogP) is 5.96. The highest BCUT2D eigenvalue weighted by Gasteiger charge is 2.56. The van der Waals surface area contributed by atoms with E-state index in [1.165, 1.54) is 12.1 Å². The molecule has 0 aromatic heterocycles. The molecule has 2 rings (SSSR count). The van der Waals surface area contributed by atoms with Crippen LogP contribution < -0.4 is 0 Å². The Morgan fingerprint density at radius 1 is 0.909 bits per heavy atom. The first kappa shape index (κ1) is 18.9. The molecule has 0 saturated carbocycles. The van der Waals surface area contributed by atoms with Gasteiger partial charge in [0.25, 0.3) is 4.58 Å². The molecule has 0 N–H and O–H groups in total. The summed E-state index contributed by atoms with van der Waals surface area (Å²) in [6, 6.07) is 10.5. The fraction of sp³-hybridized carbons (Fsp3) is 0.375. The zero-order valence-electron chi connectivity index (χ0n) is 12.3. The molecule has 122 valence electrons. The van der Waals surface area contributed by atoms with E-state index in [1.807, 2.05) is 13.8 Å². The molecule has 0 aliphatic rings. The highest BCUT2D eigenvalue weighted by atomic mass is 79.9. The number of rotatable bonds is 3. The van der Waals surface area contributed by atoms with Gasteiger partial charge in [0.15, 0.2) is 0 Å². The zero-order valence-corrected chi connectivity index (χ0v) is 13.8. The molecule has 0 radical (unpaired) electrons. The number of ether oxygens (including phenoxy) is 1. The maximum absolute atomic E-state index is 13.9. The van der Waals surface area contributed by atoms with E-state index in [1.54, 1.807) is 24.3 Å². The third-order valence-corrected chi connectivity index (χ3v) is 3.77. The second-order valence-corrected chi connectivity index (χ2v) is 5.47. The summed E-state index contributed by atoms with van der Waals surface area (Å²) >= 11 is 2.14. The van der Waals surface area contributed by atoms with Crippen LogP contribution in [0.2, 0.25) is 0 Å². The largest absolute Gasteiger partial charge is 0.437 e. The molecule has 2 aromatic rings. The Kier molecular flexibility index (Phi) is 6.81. The monoisotopic (exact) mass is 380 g/mol. The van der Waals surface area contributed by atoms with Crippen LogP contribution in [0.25, 0.3) is 10.8 Å². The van der Waals surface area contributed by atoms with Gasteiger partial charge in [-0.2, -0.15) is 13.2 Å². The maximum atomic E-state index is 13.9. The highest BCUT2D eigenvalue weighted by molar-refractivity contribution is 9.09. The summed E-state index contributed by atoms with van der Waals surface area (Å²) in [7, 11) is 0. The van der Waals surface area contributed by atoms with Crippen molar-refractivity contribution in [2.24, 2.45) is 0 Å². The molecule has 0 spiro atoms. The van der Waals surface area contributed by atoms with Crippen LogP contribution in [0.1, 0.15) is 19.4 Å². The number of fused-ring (bicyclic) bond motifs is 1. The van der Waals surface area contributed by atoms with Crippen LogP contribution in [0.15, 0.2) is 42.5 Å². The van der Waals surface area contributed by atoms with Gasteiger partial charge in [-0.3, -0.25) is 0 Å². The Bertz CT molecular complexity index is 589. The molecule has 1 unspecified atom stereocenters. The molecule has 6 heteroatoms. The smallest absolute Gasteiger partial charge is 0.382 e. The van der Waals surface area contributed by atoms with E-state index in [9.17, 15) is 17.6 Å². The number of hydrogen-bond acceptors (Lipinski definition) is 1. The normalized spacial score (nSPS) is 14.1. The van der Waals surface area contributed by atoms with E-state index < -0.39 is 16.3 Å². The van der Waals surface area contributed by atoms with Crippen LogP contribution in [-0.2, 0) is 9.31 Å². The Morgan fingerprint density at radius 2 is 1.45 bits per heavy atom. The lowest BCUT2D eigenvalue weighted by Gasteiger charge is -2.23. The van der Waals surface area contributed by atoms with Gasteiger partial charge < -0.3 is 4.74 Å². The van der Waals surface area contributed by atoms with Gasteiger partial charge in [-0.15, -0.1) is 0 Å². The molecule has 0 bridgehead atoms. The molecule has 0 fully saturated rings. The van der Waals surface area contributed by atoms with Crippen molar-refractivity contribution in [3.8, 4) is 0 Å². The summed E-state index contributed by atoms with van der Waals surface area (Å²) in [5.74, 6) is 0.